The summed E-state index contributed by atoms with van der Waals surface area (Å²) in [6.45, 7) is 0.678. The van der Waals surface area contributed by atoms with Crippen molar-refractivity contribution in [3.63, 3.8) is 0 Å². The lowest BCUT2D eigenvalue weighted by molar-refractivity contribution is -0.124. The molecule has 0 spiro atoms. The van der Waals surface area contributed by atoms with E-state index in [9.17, 15) is 9.59 Å². The SMILES string of the molecule is Nc1ccc2c(C(=O)NC3CCCNC3=O)c[nH]c2c1. The summed E-state index contributed by atoms with van der Waals surface area (Å²) in [7, 11) is 0. The van der Waals surface area contributed by atoms with Gasteiger partial charge in [0, 0.05) is 29.3 Å². The predicted octanol–water partition coefficient (Wildman–Crippen LogP) is 0.758. The van der Waals surface area contributed by atoms with Gasteiger partial charge < -0.3 is 21.4 Å². The number of nitrogen functional groups attached to an aromatic ring is 1. The summed E-state index contributed by atoms with van der Waals surface area (Å²) in [5, 5.41) is 6.32. The Morgan fingerprint density at radius 1 is 1.40 bits per heavy atom. The van der Waals surface area contributed by atoms with Crippen LogP contribution in [0.5, 0.6) is 0 Å². The van der Waals surface area contributed by atoms with E-state index in [0.717, 1.165) is 17.3 Å². The first kappa shape index (κ1) is 12.5. The monoisotopic (exact) mass is 272 g/mol. The summed E-state index contributed by atoms with van der Waals surface area (Å²) in [4.78, 5) is 27.0. The first-order chi connectivity index (χ1) is 9.65. The van der Waals surface area contributed by atoms with Crippen molar-refractivity contribution in [1.82, 2.24) is 15.6 Å². The molecule has 1 aromatic heterocycles. The number of carbonyl (C=O) groups excluding carboxylic acids is 2. The minimum Gasteiger partial charge on any atom is -0.399 e. The molecular weight excluding hydrogens is 256 g/mol. The molecule has 6 nitrogen and oxygen atoms in total. The summed E-state index contributed by atoms with van der Waals surface area (Å²) in [5.74, 6) is -0.364. The third-order valence-corrected chi connectivity index (χ3v) is 3.54. The quantitative estimate of drug-likeness (QED) is 0.607. The molecule has 0 bridgehead atoms. The molecule has 1 saturated heterocycles. The summed E-state index contributed by atoms with van der Waals surface area (Å²) in [6.07, 6.45) is 3.19. The van der Waals surface area contributed by atoms with E-state index in [-0.39, 0.29) is 11.8 Å². The van der Waals surface area contributed by atoms with Crippen LogP contribution in [0.25, 0.3) is 10.9 Å². The third-order valence-electron chi connectivity index (χ3n) is 3.54. The van der Waals surface area contributed by atoms with Gasteiger partial charge in [-0.25, -0.2) is 0 Å². The third kappa shape index (κ3) is 2.20. The van der Waals surface area contributed by atoms with Gasteiger partial charge in [0.15, 0.2) is 0 Å². The van der Waals surface area contributed by atoms with Crippen LogP contribution in [-0.2, 0) is 4.79 Å². The number of rotatable bonds is 2. The predicted molar refractivity (Wildman–Crippen MR) is 76.2 cm³/mol. The number of aromatic nitrogens is 1. The number of piperidine rings is 1. The van der Waals surface area contributed by atoms with Crippen molar-refractivity contribution in [2.75, 3.05) is 12.3 Å². The largest absolute Gasteiger partial charge is 0.399 e. The number of amides is 2. The molecular formula is C14H16N4O2. The highest BCUT2D eigenvalue weighted by atomic mass is 16.2. The van der Waals surface area contributed by atoms with Gasteiger partial charge in [-0.05, 0) is 31.0 Å². The normalized spacial score (nSPS) is 18.8. The minimum absolute atomic E-state index is 0.117. The molecule has 3 rings (SSSR count). The molecule has 5 N–H and O–H groups in total. The number of nitrogens with one attached hydrogen (secondary N) is 3. The van der Waals surface area contributed by atoms with Crippen molar-refractivity contribution in [3.8, 4) is 0 Å². The Hall–Kier alpha value is -2.50. The molecule has 1 unspecified atom stereocenters. The Morgan fingerprint density at radius 2 is 2.25 bits per heavy atom. The van der Waals surface area contributed by atoms with Gasteiger partial charge in [0.1, 0.15) is 6.04 Å². The lowest BCUT2D eigenvalue weighted by atomic mass is 10.1. The van der Waals surface area contributed by atoms with Crippen LogP contribution in [0.2, 0.25) is 0 Å². The summed E-state index contributed by atoms with van der Waals surface area (Å²) in [5.41, 5.74) is 7.68. The Kier molecular flexibility index (Phi) is 3.06. The molecule has 2 aromatic rings. The molecule has 1 aliphatic rings. The Labute approximate surface area is 115 Å². The van der Waals surface area contributed by atoms with E-state index >= 15 is 0 Å². The van der Waals surface area contributed by atoms with Crippen molar-refractivity contribution in [2.24, 2.45) is 0 Å². The number of nitrogens with two attached hydrogens (primary N) is 1. The molecule has 104 valence electrons. The van der Waals surface area contributed by atoms with Gasteiger partial charge >= 0.3 is 0 Å². The first-order valence-corrected chi connectivity index (χ1v) is 6.60. The molecule has 20 heavy (non-hydrogen) atoms. The highest BCUT2D eigenvalue weighted by Crippen LogP contribution is 2.21. The summed E-state index contributed by atoms with van der Waals surface area (Å²) >= 11 is 0. The average molecular weight is 272 g/mol. The fourth-order valence-corrected chi connectivity index (χ4v) is 2.48. The van der Waals surface area contributed by atoms with Crippen LogP contribution in [0.1, 0.15) is 23.2 Å². The molecule has 2 amide bonds. The molecule has 0 saturated carbocycles. The number of benzene rings is 1. The highest BCUT2D eigenvalue weighted by Gasteiger charge is 2.24. The molecule has 2 heterocycles. The van der Waals surface area contributed by atoms with E-state index in [1.165, 1.54) is 0 Å². The van der Waals surface area contributed by atoms with Crippen molar-refractivity contribution in [1.29, 1.82) is 0 Å². The lowest BCUT2D eigenvalue weighted by Gasteiger charge is -2.22. The van der Waals surface area contributed by atoms with Crippen LogP contribution in [0.3, 0.4) is 0 Å². The second-order valence-electron chi connectivity index (χ2n) is 4.97. The van der Waals surface area contributed by atoms with Crippen LogP contribution in [0.15, 0.2) is 24.4 Å². The first-order valence-electron chi connectivity index (χ1n) is 6.60. The molecule has 1 fully saturated rings. The average Bonchev–Trinajstić information content (AvgIpc) is 2.84. The smallest absolute Gasteiger partial charge is 0.254 e. The van der Waals surface area contributed by atoms with Gasteiger partial charge in [-0.3, -0.25) is 9.59 Å². The number of carbonyl (C=O) groups is 2. The summed E-state index contributed by atoms with van der Waals surface area (Å²) < 4.78 is 0. The molecule has 1 atom stereocenters. The molecule has 0 radical (unpaired) electrons. The van der Waals surface area contributed by atoms with E-state index in [0.29, 0.717) is 24.2 Å². The minimum atomic E-state index is -0.449. The molecule has 1 aromatic carbocycles. The van der Waals surface area contributed by atoms with Crippen LogP contribution in [0, 0.1) is 0 Å². The Balaban J connectivity index is 1.83. The second-order valence-corrected chi connectivity index (χ2v) is 4.97. The van der Waals surface area contributed by atoms with Gasteiger partial charge in [-0.1, -0.05) is 0 Å². The number of aromatic amines is 1. The number of hydrogen-bond donors (Lipinski definition) is 4. The molecule has 1 aliphatic heterocycles. The lowest BCUT2D eigenvalue weighted by Crippen LogP contribution is -2.50. The van der Waals surface area contributed by atoms with E-state index in [2.05, 4.69) is 15.6 Å². The molecule has 6 heteroatoms. The van der Waals surface area contributed by atoms with Gasteiger partial charge in [0.25, 0.3) is 5.91 Å². The fourth-order valence-electron chi connectivity index (χ4n) is 2.48. The van der Waals surface area contributed by atoms with Crippen LogP contribution < -0.4 is 16.4 Å². The number of fused-ring (bicyclic) bond motifs is 1. The fraction of sp³-hybridized carbons (Fsp3) is 0.286. The van der Waals surface area contributed by atoms with E-state index in [4.69, 9.17) is 5.73 Å². The molecule has 0 aliphatic carbocycles. The van der Waals surface area contributed by atoms with Crippen molar-refractivity contribution < 1.29 is 9.59 Å². The zero-order chi connectivity index (χ0) is 14.1. The van der Waals surface area contributed by atoms with E-state index in [1.54, 1.807) is 24.4 Å². The Bertz CT molecular complexity index is 677. The van der Waals surface area contributed by atoms with E-state index < -0.39 is 6.04 Å². The summed E-state index contributed by atoms with van der Waals surface area (Å²) in [6, 6.07) is 4.88. The second kappa shape index (κ2) is 4.88. The highest BCUT2D eigenvalue weighted by molar-refractivity contribution is 6.08. The van der Waals surface area contributed by atoms with Gasteiger partial charge in [0.2, 0.25) is 5.91 Å². The zero-order valence-electron chi connectivity index (χ0n) is 10.9. The number of hydrogen-bond acceptors (Lipinski definition) is 3. The van der Waals surface area contributed by atoms with Gasteiger partial charge in [0.05, 0.1) is 5.56 Å². The van der Waals surface area contributed by atoms with Crippen LogP contribution in [0.4, 0.5) is 5.69 Å². The maximum Gasteiger partial charge on any atom is 0.254 e. The van der Waals surface area contributed by atoms with Crippen molar-refractivity contribution in [2.45, 2.75) is 18.9 Å². The maximum absolute atomic E-state index is 12.3. The maximum atomic E-state index is 12.3. The number of H-pyrrole nitrogens is 1. The van der Waals surface area contributed by atoms with Crippen LogP contribution in [-0.4, -0.2) is 29.4 Å². The van der Waals surface area contributed by atoms with E-state index in [1.807, 2.05) is 0 Å². The number of anilines is 1. The Morgan fingerprint density at radius 3 is 3.05 bits per heavy atom. The topological polar surface area (TPSA) is 100 Å². The van der Waals surface area contributed by atoms with Crippen molar-refractivity contribution in [3.05, 3.63) is 30.0 Å². The van der Waals surface area contributed by atoms with Gasteiger partial charge in [-0.15, -0.1) is 0 Å². The zero-order valence-corrected chi connectivity index (χ0v) is 10.9. The van der Waals surface area contributed by atoms with Crippen molar-refractivity contribution >= 4 is 28.4 Å². The van der Waals surface area contributed by atoms with Gasteiger partial charge in [-0.2, -0.15) is 0 Å². The van der Waals surface area contributed by atoms with Crippen LogP contribution >= 0.6 is 0 Å². The standard InChI is InChI=1S/C14H16N4O2/c15-8-3-4-9-10(7-17-12(9)6-8)13(19)18-11-2-1-5-16-14(11)20/h3-4,6-7,11,17H,1-2,5,15H2,(H,16,20)(H,18,19).